The maximum Gasteiger partial charge on any atom is 0.339 e. The molecule has 2 rings (SSSR count). The highest BCUT2D eigenvalue weighted by atomic mass is 19.1. The van der Waals surface area contributed by atoms with Crippen molar-refractivity contribution in [1.82, 2.24) is 0 Å². The van der Waals surface area contributed by atoms with E-state index in [0.29, 0.717) is 12.4 Å². The van der Waals surface area contributed by atoms with Crippen molar-refractivity contribution in [2.45, 2.75) is 58.2 Å². The number of carboxylic acid groups (broad SMARTS) is 1. The van der Waals surface area contributed by atoms with Crippen LogP contribution in [0, 0.1) is 11.7 Å². The summed E-state index contributed by atoms with van der Waals surface area (Å²) in [7, 11) is 2.99. The SMILES string of the molecule is CC(C)(C)OC=O.COCC1CCC(Oc2cc(C(=O)O)c(OC)cc2F)CC1. The number of benzene rings is 1. The summed E-state index contributed by atoms with van der Waals surface area (Å²) < 4.78 is 34.3. The van der Waals surface area contributed by atoms with Gasteiger partial charge in [0, 0.05) is 25.8 Å². The normalized spacial score (nSPS) is 18.8. The molecule has 1 aliphatic rings. The van der Waals surface area contributed by atoms with Crippen molar-refractivity contribution in [2.75, 3.05) is 20.8 Å². The zero-order chi connectivity index (χ0) is 22.0. The number of carboxylic acids is 1. The van der Waals surface area contributed by atoms with Crippen molar-refractivity contribution in [1.29, 1.82) is 0 Å². The number of halogens is 1. The molecule has 0 radical (unpaired) electrons. The van der Waals surface area contributed by atoms with Gasteiger partial charge in [-0.25, -0.2) is 9.18 Å². The first-order valence-corrected chi connectivity index (χ1v) is 9.49. The summed E-state index contributed by atoms with van der Waals surface area (Å²) >= 11 is 0. The Bertz CT molecular complexity index is 662. The Balaban J connectivity index is 0.000000516. The maximum absolute atomic E-state index is 14.0. The molecule has 0 aliphatic heterocycles. The summed E-state index contributed by atoms with van der Waals surface area (Å²) in [5.41, 5.74) is -0.422. The zero-order valence-corrected chi connectivity index (χ0v) is 17.7. The molecule has 7 nitrogen and oxygen atoms in total. The van der Waals surface area contributed by atoms with Gasteiger partial charge in [-0.3, -0.25) is 4.79 Å². The van der Waals surface area contributed by atoms with E-state index in [-0.39, 0.29) is 28.8 Å². The summed E-state index contributed by atoms with van der Waals surface area (Å²) in [6.45, 7) is 6.65. The monoisotopic (exact) mass is 414 g/mol. The molecule has 1 aromatic carbocycles. The number of rotatable bonds is 7. The lowest BCUT2D eigenvalue weighted by Crippen LogP contribution is -2.26. The van der Waals surface area contributed by atoms with Crippen molar-refractivity contribution in [3.05, 3.63) is 23.5 Å². The van der Waals surface area contributed by atoms with Gasteiger partial charge in [0.15, 0.2) is 11.6 Å². The summed E-state index contributed by atoms with van der Waals surface area (Å²) in [4.78, 5) is 20.8. The molecular formula is C21H31FO7. The maximum atomic E-state index is 14.0. The number of aromatic carboxylic acids is 1. The average Bonchev–Trinajstić information content (AvgIpc) is 2.64. The molecule has 1 saturated carbocycles. The molecule has 0 spiro atoms. The topological polar surface area (TPSA) is 91.3 Å². The first kappa shape index (κ1) is 24.7. The molecule has 8 heteroatoms. The van der Waals surface area contributed by atoms with Crippen LogP contribution in [-0.4, -0.2) is 50.1 Å². The largest absolute Gasteiger partial charge is 0.496 e. The predicted molar refractivity (Wildman–Crippen MR) is 105 cm³/mol. The molecule has 1 N–H and O–H groups in total. The molecule has 164 valence electrons. The lowest BCUT2D eigenvalue weighted by molar-refractivity contribution is -0.138. The Hall–Kier alpha value is -2.35. The highest BCUT2D eigenvalue weighted by Crippen LogP contribution is 2.32. The highest BCUT2D eigenvalue weighted by molar-refractivity contribution is 5.91. The van der Waals surface area contributed by atoms with Crippen LogP contribution < -0.4 is 9.47 Å². The van der Waals surface area contributed by atoms with Crippen molar-refractivity contribution in [2.24, 2.45) is 5.92 Å². The van der Waals surface area contributed by atoms with Crippen LogP contribution >= 0.6 is 0 Å². The molecule has 29 heavy (non-hydrogen) atoms. The predicted octanol–water partition coefficient (Wildman–Crippen LogP) is 4.07. The quantitative estimate of drug-likeness (QED) is 0.672. The fourth-order valence-electron chi connectivity index (χ4n) is 2.94. The summed E-state index contributed by atoms with van der Waals surface area (Å²) in [5, 5.41) is 9.14. The van der Waals surface area contributed by atoms with Crippen LogP contribution in [0.4, 0.5) is 4.39 Å². The number of methoxy groups -OCH3 is 2. The number of hydrogen-bond donors (Lipinski definition) is 1. The molecule has 1 aromatic rings. The lowest BCUT2D eigenvalue weighted by Gasteiger charge is -2.28. The molecule has 0 unspecified atom stereocenters. The average molecular weight is 414 g/mol. The summed E-state index contributed by atoms with van der Waals surface area (Å²) in [5.74, 6) is -1.32. The highest BCUT2D eigenvalue weighted by Gasteiger charge is 2.24. The van der Waals surface area contributed by atoms with Crippen molar-refractivity contribution >= 4 is 12.4 Å². The fraction of sp³-hybridized carbons (Fsp3) is 0.619. The summed E-state index contributed by atoms with van der Waals surface area (Å²) in [6.07, 6.45) is 3.44. The van der Waals surface area contributed by atoms with Crippen molar-refractivity contribution in [3.8, 4) is 11.5 Å². The molecule has 0 aromatic heterocycles. The van der Waals surface area contributed by atoms with Gasteiger partial charge in [-0.15, -0.1) is 0 Å². The Labute approximate surface area is 171 Å². The van der Waals surface area contributed by atoms with Crippen LogP contribution in [0.2, 0.25) is 0 Å². The lowest BCUT2D eigenvalue weighted by atomic mass is 9.88. The van der Waals surface area contributed by atoms with E-state index in [1.807, 2.05) is 20.8 Å². The fourth-order valence-corrected chi connectivity index (χ4v) is 2.94. The minimum absolute atomic E-state index is 0.0128. The second-order valence-electron chi connectivity index (χ2n) is 7.83. The van der Waals surface area contributed by atoms with Crippen LogP contribution in [0.3, 0.4) is 0 Å². The molecule has 0 saturated heterocycles. The van der Waals surface area contributed by atoms with Crippen LogP contribution in [0.25, 0.3) is 0 Å². The van der Waals surface area contributed by atoms with E-state index < -0.39 is 11.8 Å². The van der Waals surface area contributed by atoms with Gasteiger partial charge in [0.05, 0.1) is 13.2 Å². The van der Waals surface area contributed by atoms with Gasteiger partial charge < -0.3 is 24.1 Å². The number of hydrogen-bond acceptors (Lipinski definition) is 6. The van der Waals surface area contributed by atoms with E-state index >= 15 is 0 Å². The van der Waals surface area contributed by atoms with E-state index in [9.17, 15) is 14.0 Å². The molecule has 0 atom stereocenters. The molecule has 0 bridgehead atoms. The standard InChI is InChI=1S/C16H21FO5.C5H10O2/c1-20-9-10-3-5-11(6-4-10)22-15-7-12(16(18)19)14(21-2)8-13(15)17;1-5(2,3)7-4-6/h7-8,10-11H,3-6,9H2,1-2H3,(H,18,19);4H,1-3H3. The Morgan fingerprint density at radius 1 is 1.17 bits per heavy atom. The third-order valence-electron chi connectivity index (χ3n) is 4.38. The first-order chi connectivity index (χ1) is 13.6. The van der Waals surface area contributed by atoms with Gasteiger partial charge >= 0.3 is 5.97 Å². The second kappa shape index (κ2) is 11.6. The third kappa shape index (κ3) is 8.68. The van der Waals surface area contributed by atoms with Crippen LogP contribution in [0.5, 0.6) is 11.5 Å². The van der Waals surface area contributed by atoms with Gasteiger partial charge in [0.1, 0.15) is 16.9 Å². The zero-order valence-electron chi connectivity index (χ0n) is 17.7. The Kier molecular flexibility index (Phi) is 9.88. The first-order valence-electron chi connectivity index (χ1n) is 9.49. The third-order valence-corrected chi connectivity index (χ3v) is 4.38. The van der Waals surface area contributed by atoms with Gasteiger partial charge in [-0.1, -0.05) is 0 Å². The van der Waals surface area contributed by atoms with E-state index in [1.54, 1.807) is 7.11 Å². The van der Waals surface area contributed by atoms with Gasteiger partial charge in [-0.2, -0.15) is 0 Å². The Morgan fingerprint density at radius 2 is 1.79 bits per heavy atom. The van der Waals surface area contributed by atoms with E-state index in [0.717, 1.165) is 38.4 Å². The van der Waals surface area contributed by atoms with E-state index in [2.05, 4.69) is 4.74 Å². The van der Waals surface area contributed by atoms with E-state index in [1.165, 1.54) is 13.2 Å². The molecule has 0 amide bonds. The molecular weight excluding hydrogens is 383 g/mol. The van der Waals surface area contributed by atoms with Crippen LogP contribution in [0.1, 0.15) is 56.8 Å². The van der Waals surface area contributed by atoms with Crippen LogP contribution in [-0.2, 0) is 14.3 Å². The van der Waals surface area contributed by atoms with Gasteiger partial charge in [0.25, 0.3) is 6.47 Å². The van der Waals surface area contributed by atoms with Crippen molar-refractivity contribution in [3.63, 3.8) is 0 Å². The van der Waals surface area contributed by atoms with E-state index in [4.69, 9.17) is 19.3 Å². The molecule has 1 aliphatic carbocycles. The second-order valence-corrected chi connectivity index (χ2v) is 7.83. The van der Waals surface area contributed by atoms with Crippen LogP contribution in [0.15, 0.2) is 12.1 Å². The smallest absolute Gasteiger partial charge is 0.339 e. The Morgan fingerprint density at radius 3 is 2.21 bits per heavy atom. The molecule has 1 fully saturated rings. The molecule has 0 heterocycles. The van der Waals surface area contributed by atoms with Gasteiger partial charge in [-0.05, 0) is 52.4 Å². The van der Waals surface area contributed by atoms with Crippen molar-refractivity contribution < 1.29 is 38.0 Å². The minimum atomic E-state index is -1.18. The number of ether oxygens (including phenoxy) is 4. The van der Waals surface area contributed by atoms with Gasteiger partial charge in [0.2, 0.25) is 0 Å². The summed E-state index contributed by atoms with van der Waals surface area (Å²) in [6, 6.07) is 2.24. The number of carbonyl (C=O) groups is 2. The minimum Gasteiger partial charge on any atom is -0.496 e. The number of carbonyl (C=O) groups excluding carboxylic acids is 1.